The van der Waals surface area contributed by atoms with E-state index in [0.717, 1.165) is 25.8 Å². The van der Waals surface area contributed by atoms with E-state index in [-0.39, 0.29) is 30.1 Å². The minimum atomic E-state index is -0.455. The van der Waals surface area contributed by atoms with Crippen molar-refractivity contribution in [2.24, 2.45) is 0 Å². The average molecular weight is 439 g/mol. The number of piperidine rings is 1. The Bertz CT molecular complexity index is 925. The van der Waals surface area contributed by atoms with Crippen LogP contribution in [-0.4, -0.2) is 65.8 Å². The summed E-state index contributed by atoms with van der Waals surface area (Å²) in [6, 6.07) is 15.5. The normalized spacial score (nSPS) is 14.4. The fourth-order valence-corrected chi connectivity index (χ4v) is 4.10. The monoisotopic (exact) mass is 438 g/mol. The summed E-state index contributed by atoms with van der Waals surface area (Å²) in [6.07, 6.45) is 2.58. The van der Waals surface area contributed by atoms with Crippen LogP contribution in [-0.2, 0) is 4.79 Å². The summed E-state index contributed by atoms with van der Waals surface area (Å²) in [6.45, 7) is 4.51. The van der Waals surface area contributed by atoms with Gasteiger partial charge in [0, 0.05) is 49.6 Å². The molecule has 8 heteroatoms. The summed E-state index contributed by atoms with van der Waals surface area (Å²) >= 11 is 0. The largest absolute Gasteiger partial charge is 0.339 e. The first kappa shape index (κ1) is 23.4. The highest BCUT2D eigenvalue weighted by molar-refractivity contribution is 5.95. The standard InChI is InChI=1S/C24H30N4O4/c1-3-15-27(18-23(29)25(2)20-9-11-22(12-10-20)28(31)32)21-13-16-26(17-14-21)24(30)19-7-5-4-6-8-19/h4-12,21H,3,13-18H2,1-2H3. The Kier molecular flexibility index (Phi) is 7.94. The molecule has 1 aliphatic rings. The number of anilines is 1. The second-order valence-corrected chi connectivity index (χ2v) is 8.09. The highest BCUT2D eigenvalue weighted by Gasteiger charge is 2.29. The molecular weight excluding hydrogens is 408 g/mol. The van der Waals surface area contributed by atoms with Crippen LogP contribution in [0.2, 0.25) is 0 Å². The van der Waals surface area contributed by atoms with E-state index in [9.17, 15) is 19.7 Å². The maximum Gasteiger partial charge on any atom is 0.269 e. The molecule has 2 amide bonds. The first-order valence-electron chi connectivity index (χ1n) is 11.0. The molecule has 8 nitrogen and oxygen atoms in total. The number of nitro groups is 1. The van der Waals surface area contributed by atoms with Gasteiger partial charge in [0.2, 0.25) is 5.91 Å². The van der Waals surface area contributed by atoms with Gasteiger partial charge < -0.3 is 9.80 Å². The van der Waals surface area contributed by atoms with Crippen LogP contribution >= 0.6 is 0 Å². The zero-order valence-corrected chi connectivity index (χ0v) is 18.6. The molecule has 0 bridgehead atoms. The van der Waals surface area contributed by atoms with Crippen molar-refractivity contribution in [3.8, 4) is 0 Å². The Morgan fingerprint density at radius 2 is 1.69 bits per heavy atom. The number of hydrogen-bond donors (Lipinski definition) is 0. The van der Waals surface area contributed by atoms with Crippen molar-refractivity contribution < 1.29 is 14.5 Å². The number of non-ortho nitro benzene ring substituents is 1. The second-order valence-electron chi connectivity index (χ2n) is 8.09. The summed E-state index contributed by atoms with van der Waals surface area (Å²) in [4.78, 5) is 41.7. The molecule has 0 aliphatic carbocycles. The molecule has 1 fully saturated rings. The van der Waals surface area contributed by atoms with E-state index in [0.29, 0.717) is 24.3 Å². The lowest BCUT2D eigenvalue weighted by molar-refractivity contribution is -0.384. The van der Waals surface area contributed by atoms with Gasteiger partial charge in [-0.25, -0.2) is 0 Å². The van der Waals surface area contributed by atoms with Gasteiger partial charge in [0.1, 0.15) is 0 Å². The van der Waals surface area contributed by atoms with E-state index in [2.05, 4.69) is 11.8 Å². The third-order valence-corrected chi connectivity index (χ3v) is 5.96. The molecule has 170 valence electrons. The molecule has 32 heavy (non-hydrogen) atoms. The molecule has 0 aromatic heterocycles. The molecule has 1 aliphatic heterocycles. The highest BCUT2D eigenvalue weighted by Crippen LogP contribution is 2.21. The first-order valence-corrected chi connectivity index (χ1v) is 11.0. The van der Waals surface area contributed by atoms with Crippen molar-refractivity contribution in [1.82, 2.24) is 9.80 Å². The van der Waals surface area contributed by atoms with Crippen LogP contribution in [0.5, 0.6) is 0 Å². The van der Waals surface area contributed by atoms with Gasteiger partial charge in [0.25, 0.3) is 11.6 Å². The average Bonchev–Trinajstić information content (AvgIpc) is 2.83. The van der Waals surface area contributed by atoms with Crippen LogP contribution in [0.15, 0.2) is 54.6 Å². The predicted octanol–water partition coefficient (Wildman–Crippen LogP) is 3.57. The lowest BCUT2D eigenvalue weighted by Gasteiger charge is -2.38. The number of likely N-dealkylation sites (N-methyl/N-ethyl adjacent to an activating group) is 1. The Morgan fingerprint density at radius 3 is 2.25 bits per heavy atom. The molecule has 0 saturated carbocycles. The van der Waals surface area contributed by atoms with Gasteiger partial charge in [-0.3, -0.25) is 24.6 Å². The van der Waals surface area contributed by atoms with Gasteiger partial charge in [-0.05, 0) is 50.1 Å². The van der Waals surface area contributed by atoms with Crippen LogP contribution in [0.1, 0.15) is 36.5 Å². The lowest BCUT2D eigenvalue weighted by atomic mass is 10.0. The molecule has 2 aromatic carbocycles. The van der Waals surface area contributed by atoms with Crippen LogP contribution in [0.4, 0.5) is 11.4 Å². The van der Waals surface area contributed by atoms with Gasteiger partial charge in [-0.2, -0.15) is 0 Å². The molecule has 0 spiro atoms. The highest BCUT2D eigenvalue weighted by atomic mass is 16.6. The van der Waals surface area contributed by atoms with Crippen LogP contribution in [0.3, 0.4) is 0 Å². The van der Waals surface area contributed by atoms with Gasteiger partial charge in [0.05, 0.1) is 11.5 Å². The topological polar surface area (TPSA) is 87.0 Å². The Hall–Kier alpha value is -3.26. The van der Waals surface area contributed by atoms with Crippen molar-refractivity contribution >= 4 is 23.2 Å². The molecule has 1 saturated heterocycles. The number of carbonyl (C=O) groups excluding carboxylic acids is 2. The van der Waals surface area contributed by atoms with Crippen LogP contribution < -0.4 is 4.90 Å². The van der Waals surface area contributed by atoms with Crippen molar-refractivity contribution in [1.29, 1.82) is 0 Å². The Balaban J connectivity index is 1.58. The first-order chi connectivity index (χ1) is 15.4. The Labute approximate surface area is 188 Å². The number of benzene rings is 2. The third-order valence-electron chi connectivity index (χ3n) is 5.96. The zero-order chi connectivity index (χ0) is 23.1. The van der Waals surface area contributed by atoms with Gasteiger partial charge in [0.15, 0.2) is 0 Å². The molecule has 0 unspecified atom stereocenters. The van der Waals surface area contributed by atoms with Crippen LogP contribution in [0, 0.1) is 10.1 Å². The molecule has 0 N–H and O–H groups in total. The molecule has 0 atom stereocenters. The summed E-state index contributed by atoms with van der Waals surface area (Å²) < 4.78 is 0. The number of nitro benzene ring substituents is 1. The molecule has 1 heterocycles. The minimum absolute atomic E-state index is 0.000909. The van der Waals surface area contributed by atoms with Crippen molar-refractivity contribution in [2.45, 2.75) is 32.2 Å². The quantitative estimate of drug-likeness (QED) is 0.464. The zero-order valence-electron chi connectivity index (χ0n) is 18.6. The van der Waals surface area contributed by atoms with Gasteiger partial charge in [-0.15, -0.1) is 0 Å². The number of rotatable bonds is 8. The molecule has 0 radical (unpaired) electrons. The fourth-order valence-electron chi connectivity index (χ4n) is 4.10. The summed E-state index contributed by atoms with van der Waals surface area (Å²) in [7, 11) is 1.69. The molecular formula is C24H30N4O4. The summed E-state index contributed by atoms with van der Waals surface area (Å²) in [5, 5.41) is 10.8. The van der Waals surface area contributed by atoms with E-state index < -0.39 is 4.92 Å². The van der Waals surface area contributed by atoms with Crippen LogP contribution in [0.25, 0.3) is 0 Å². The maximum atomic E-state index is 12.9. The maximum absolute atomic E-state index is 12.9. The van der Waals surface area contributed by atoms with E-state index in [1.54, 1.807) is 24.1 Å². The van der Waals surface area contributed by atoms with Crippen molar-refractivity contribution in [3.05, 3.63) is 70.3 Å². The SMILES string of the molecule is CCCN(CC(=O)N(C)c1ccc([N+](=O)[O-])cc1)C1CCN(C(=O)c2ccccc2)CC1. The van der Waals surface area contributed by atoms with E-state index in [1.165, 1.54) is 12.1 Å². The number of carbonyl (C=O) groups is 2. The number of hydrogen-bond acceptors (Lipinski definition) is 5. The van der Waals surface area contributed by atoms with Gasteiger partial charge in [-0.1, -0.05) is 25.1 Å². The van der Waals surface area contributed by atoms with E-state index in [4.69, 9.17) is 0 Å². The van der Waals surface area contributed by atoms with Crippen molar-refractivity contribution in [2.75, 3.05) is 38.1 Å². The molecule has 3 rings (SSSR count). The molecule has 2 aromatic rings. The van der Waals surface area contributed by atoms with Crippen molar-refractivity contribution in [3.63, 3.8) is 0 Å². The van der Waals surface area contributed by atoms with Gasteiger partial charge >= 0.3 is 0 Å². The Morgan fingerprint density at radius 1 is 1.06 bits per heavy atom. The lowest BCUT2D eigenvalue weighted by Crippen LogP contribution is -2.50. The number of likely N-dealkylation sites (tertiary alicyclic amines) is 1. The van der Waals surface area contributed by atoms with E-state index in [1.807, 2.05) is 35.2 Å². The summed E-state index contributed by atoms with van der Waals surface area (Å²) in [5.74, 6) is -0.00448. The summed E-state index contributed by atoms with van der Waals surface area (Å²) in [5.41, 5.74) is 1.33. The smallest absolute Gasteiger partial charge is 0.269 e. The van der Waals surface area contributed by atoms with E-state index >= 15 is 0 Å². The second kappa shape index (κ2) is 10.9. The number of nitrogens with zero attached hydrogens (tertiary/aromatic N) is 4. The third kappa shape index (κ3) is 5.70. The minimum Gasteiger partial charge on any atom is -0.339 e. The fraction of sp³-hybridized carbons (Fsp3) is 0.417. The predicted molar refractivity (Wildman–Crippen MR) is 124 cm³/mol. The number of amides is 2.